The molecule has 0 fully saturated rings. The number of carbonyl (C=O) groups is 2. The van der Waals surface area contributed by atoms with E-state index in [4.69, 9.17) is 16.3 Å². The standard InChI is InChI=1S/C17H15ClN2O3/c1-11-8-12(18)6-7-13(11)19-16(21)9-20-14-4-2-3-5-15(14)23-10-17(20)22/h2-8H,9-10H2,1H3,(H,19,21). The fourth-order valence-corrected chi connectivity index (χ4v) is 2.65. The van der Waals surface area contributed by atoms with Crippen LogP contribution in [0.5, 0.6) is 5.75 Å². The van der Waals surface area contributed by atoms with E-state index in [1.807, 2.05) is 13.0 Å². The molecule has 1 aliphatic rings. The number of anilines is 2. The summed E-state index contributed by atoms with van der Waals surface area (Å²) in [7, 11) is 0. The Bertz CT molecular complexity index is 776. The molecular weight excluding hydrogens is 316 g/mol. The molecule has 0 spiro atoms. The summed E-state index contributed by atoms with van der Waals surface area (Å²) < 4.78 is 5.36. The zero-order valence-corrected chi connectivity index (χ0v) is 13.3. The maximum absolute atomic E-state index is 12.3. The van der Waals surface area contributed by atoms with Crippen LogP contribution in [0.2, 0.25) is 5.02 Å². The molecule has 0 radical (unpaired) electrons. The molecule has 6 heteroatoms. The summed E-state index contributed by atoms with van der Waals surface area (Å²) in [5, 5.41) is 3.41. The molecule has 3 rings (SSSR count). The second-order valence-corrected chi connectivity index (χ2v) is 5.68. The van der Waals surface area contributed by atoms with Crippen LogP contribution in [0.25, 0.3) is 0 Å². The first-order valence-corrected chi connectivity index (χ1v) is 7.50. The summed E-state index contributed by atoms with van der Waals surface area (Å²) in [6.07, 6.45) is 0. The molecule has 2 aromatic carbocycles. The van der Waals surface area contributed by atoms with Gasteiger partial charge in [-0.1, -0.05) is 23.7 Å². The minimum Gasteiger partial charge on any atom is -0.482 e. The average Bonchev–Trinajstić information content (AvgIpc) is 2.53. The van der Waals surface area contributed by atoms with E-state index >= 15 is 0 Å². The summed E-state index contributed by atoms with van der Waals surface area (Å²) in [5.74, 6) is 0.0785. The number of amides is 2. The van der Waals surface area contributed by atoms with Crippen LogP contribution in [0, 0.1) is 6.92 Å². The molecular formula is C17H15ClN2O3. The summed E-state index contributed by atoms with van der Waals surface area (Å²) >= 11 is 5.90. The maximum Gasteiger partial charge on any atom is 0.265 e. The molecule has 0 unspecified atom stereocenters. The fraction of sp³-hybridized carbons (Fsp3) is 0.176. The van der Waals surface area contributed by atoms with Crippen molar-refractivity contribution in [1.29, 1.82) is 0 Å². The van der Waals surface area contributed by atoms with Crippen molar-refractivity contribution < 1.29 is 14.3 Å². The first kappa shape index (κ1) is 15.4. The van der Waals surface area contributed by atoms with Crippen LogP contribution in [-0.2, 0) is 9.59 Å². The third-order valence-electron chi connectivity index (χ3n) is 3.57. The summed E-state index contributed by atoms with van der Waals surface area (Å²) in [6.45, 7) is 1.72. The van der Waals surface area contributed by atoms with Gasteiger partial charge in [-0.2, -0.15) is 0 Å². The van der Waals surface area contributed by atoms with E-state index in [1.165, 1.54) is 4.90 Å². The number of nitrogens with one attached hydrogen (secondary N) is 1. The molecule has 5 nitrogen and oxygen atoms in total. The molecule has 2 aromatic rings. The van der Waals surface area contributed by atoms with Crippen LogP contribution in [0.15, 0.2) is 42.5 Å². The van der Waals surface area contributed by atoms with E-state index in [0.717, 1.165) is 5.56 Å². The van der Waals surface area contributed by atoms with Gasteiger partial charge in [0.2, 0.25) is 5.91 Å². The molecule has 1 aliphatic heterocycles. The Morgan fingerprint density at radius 1 is 1.30 bits per heavy atom. The highest BCUT2D eigenvalue weighted by Gasteiger charge is 2.27. The van der Waals surface area contributed by atoms with Crippen molar-refractivity contribution in [2.75, 3.05) is 23.4 Å². The van der Waals surface area contributed by atoms with Gasteiger partial charge in [0.05, 0.1) is 5.69 Å². The number of rotatable bonds is 3. The van der Waals surface area contributed by atoms with Crippen molar-refractivity contribution in [3.63, 3.8) is 0 Å². The molecule has 0 saturated carbocycles. The van der Waals surface area contributed by atoms with Crippen LogP contribution in [0.3, 0.4) is 0 Å². The molecule has 0 aliphatic carbocycles. The minimum absolute atomic E-state index is 0.0652. The summed E-state index contributed by atoms with van der Waals surface area (Å²) in [5.41, 5.74) is 2.14. The van der Waals surface area contributed by atoms with Gasteiger partial charge in [0.1, 0.15) is 12.3 Å². The number of fused-ring (bicyclic) bond motifs is 1. The number of para-hydroxylation sites is 2. The first-order valence-electron chi connectivity index (χ1n) is 7.13. The van der Waals surface area contributed by atoms with Crippen molar-refractivity contribution >= 4 is 34.8 Å². The maximum atomic E-state index is 12.3. The summed E-state index contributed by atoms with van der Waals surface area (Å²) in [4.78, 5) is 25.8. The van der Waals surface area contributed by atoms with Gasteiger partial charge in [-0.25, -0.2) is 0 Å². The molecule has 0 saturated heterocycles. The zero-order valence-electron chi connectivity index (χ0n) is 12.5. The normalized spacial score (nSPS) is 13.3. The Kier molecular flexibility index (Phi) is 4.21. The highest BCUT2D eigenvalue weighted by atomic mass is 35.5. The van der Waals surface area contributed by atoms with E-state index in [-0.39, 0.29) is 25.0 Å². The Morgan fingerprint density at radius 2 is 2.09 bits per heavy atom. The van der Waals surface area contributed by atoms with E-state index in [0.29, 0.717) is 22.1 Å². The smallest absolute Gasteiger partial charge is 0.265 e. The number of hydrogen-bond acceptors (Lipinski definition) is 3. The van der Waals surface area contributed by atoms with Gasteiger partial charge in [-0.3, -0.25) is 14.5 Å². The number of carbonyl (C=O) groups excluding carboxylic acids is 2. The highest BCUT2D eigenvalue weighted by Crippen LogP contribution is 2.31. The van der Waals surface area contributed by atoms with Crippen LogP contribution in [0.1, 0.15) is 5.56 Å². The number of ether oxygens (including phenoxy) is 1. The predicted octanol–water partition coefficient (Wildman–Crippen LogP) is 3.01. The van der Waals surface area contributed by atoms with Crippen LogP contribution in [0.4, 0.5) is 11.4 Å². The number of aryl methyl sites for hydroxylation is 1. The first-order chi connectivity index (χ1) is 11.0. The highest BCUT2D eigenvalue weighted by molar-refractivity contribution is 6.30. The monoisotopic (exact) mass is 330 g/mol. The third kappa shape index (κ3) is 3.29. The van der Waals surface area contributed by atoms with Gasteiger partial charge in [0.15, 0.2) is 6.61 Å². The Morgan fingerprint density at radius 3 is 2.87 bits per heavy atom. The lowest BCUT2D eigenvalue weighted by molar-refractivity contribution is -0.123. The van der Waals surface area contributed by atoms with Crippen molar-refractivity contribution in [2.24, 2.45) is 0 Å². The molecule has 0 bridgehead atoms. The average molecular weight is 331 g/mol. The summed E-state index contributed by atoms with van der Waals surface area (Å²) in [6, 6.07) is 12.4. The largest absolute Gasteiger partial charge is 0.482 e. The second kappa shape index (κ2) is 6.30. The molecule has 0 aromatic heterocycles. The van der Waals surface area contributed by atoms with Crippen molar-refractivity contribution in [3.05, 3.63) is 53.1 Å². The van der Waals surface area contributed by atoms with Crippen LogP contribution in [-0.4, -0.2) is 25.0 Å². The lowest BCUT2D eigenvalue weighted by Crippen LogP contribution is -2.43. The van der Waals surface area contributed by atoms with Crippen molar-refractivity contribution in [1.82, 2.24) is 0 Å². The molecule has 23 heavy (non-hydrogen) atoms. The second-order valence-electron chi connectivity index (χ2n) is 5.24. The number of nitrogens with zero attached hydrogens (tertiary/aromatic N) is 1. The molecule has 118 valence electrons. The SMILES string of the molecule is Cc1cc(Cl)ccc1NC(=O)CN1C(=O)COc2ccccc21. The predicted molar refractivity (Wildman–Crippen MR) is 89.1 cm³/mol. The van der Waals surface area contributed by atoms with Gasteiger partial charge in [0, 0.05) is 10.7 Å². The fourth-order valence-electron chi connectivity index (χ4n) is 2.43. The topological polar surface area (TPSA) is 58.6 Å². The van der Waals surface area contributed by atoms with Crippen LogP contribution >= 0.6 is 11.6 Å². The molecule has 2 amide bonds. The lowest BCUT2D eigenvalue weighted by Gasteiger charge is -2.28. The van der Waals surface area contributed by atoms with E-state index in [9.17, 15) is 9.59 Å². The van der Waals surface area contributed by atoms with Gasteiger partial charge in [0.25, 0.3) is 5.91 Å². The Labute approximate surface area is 138 Å². The van der Waals surface area contributed by atoms with E-state index in [2.05, 4.69) is 5.32 Å². The van der Waals surface area contributed by atoms with Crippen molar-refractivity contribution in [2.45, 2.75) is 6.92 Å². The zero-order chi connectivity index (χ0) is 16.4. The molecule has 1 N–H and O–H groups in total. The number of halogens is 1. The van der Waals surface area contributed by atoms with Crippen LogP contribution < -0.4 is 15.0 Å². The molecule has 0 atom stereocenters. The number of hydrogen-bond donors (Lipinski definition) is 1. The number of benzene rings is 2. The van der Waals surface area contributed by atoms with Gasteiger partial charge < -0.3 is 10.1 Å². The van der Waals surface area contributed by atoms with Gasteiger partial charge >= 0.3 is 0 Å². The van der Waals surface area contributed by atoms with Crippen molar-refractivity contribution in [3.8, 4) is 5.75 Å². The Balaban J connectivity index is 1.76. The molecule has 1 heterocycles. The Hall–Kier alpha value is -2.53. The van der Waals surface area contributed by atoms with E-state index in [1.54, 1.807) is 36.4 Å². The van der Waals surface area contributed by atoms with Gasteiger partial charge in [-0.15, -0.1) is 0 Å². The minimum atomic E-state index is -0.277. The lowest BCUT2D eigenvalue weighted by atomic mass is 10.2. The van der Waals surface area contributed by atoms with Gasteiger partial charge in [-0.05, 0) is 42.8 Å². The van der Waals surface area contributed by atoms with E-state index < -0.39 is 0 Å². The quantitative estimate of drug-likeness (QED) is 0.941. The third-order valence-corrected chi connectivity index (χ3v) is 3.81.